The predicted molar refractivity (Wildman–Crippen MR) is 125 cm³/mol. The Kier molecular flexibility index (Phi) is 4.88. The first-order valence-corrected chi connectivity index (χ1v) is 10.1. The molecule has 5 rings (SSSR count). The second-order valence-electron chi connectivity index (χ2n) is 6.91. The van der Waals surface area contributed by atoms with Gasteiger partial charge in [-0.1, -0.05) is 66.7 Å². The van der Waals surface area contributed by atoms with Gasteiger partial charge in [-0.3, -0.25) is 0 Å². The van der Waals surface area contributed by atoms with Gasteiger partial charge in [0.05, 0.1) is 11.2 Å². The van der Waals surface area contributed by atoms with Crippen LogP contribution < -0.4 is 4.90 Å². The Balaban J connectivity index is 1.60. The molecule has 4 heteroatoms. The predicted octanol–water partition coefficient (Wildman–Crippen LogP) is 7.42. The molecule has 1 aromatic heterocycles. The molecule has 0 spiro atoms. The third-order valence-electron chi connectivity index (χ3n) is 5.00. The first-order valence-electron chi connectivity index (χ1n) is 9.72. The lowest BCUT2D eigenvalue weighted by Crippen LogP contribution is -2.09. The van der Waals surface area contributed by atoms with Gasteiger partial charge in [-0.25, -0.2) is 9.97 Å². The van der Waals surface area contributed by atoms with E-state index < -0.39 is 0 Å². The first-order chi connectivity index (χ1) is 14.8. The van der Waals surface area contributed by atoms with E-state index in [0.29, 0.717) is 0 Å². The maximum atomic E-state index is 6.19. The van der Waals surface area contributed by atoms with Crippen molar-refractivity contribution in [3.05, 3.63) is 114 Å². The average Bonchev–Trinajstić information content (AvgIpc) is 2.81. The normalized spacial score (nSPS) is 10.8. The van der Waals surface area contributed by atoms with Crippen molar-refractivity contribution in [3.8, 4) is 11.3 Å². The smallest absolute Gasteiger partial charge is 0.223 e. The molecular formula is C26H18ClN3. The van der Waals surface area contributed by atoms with Crippen LogP contribution in [0.4, 0.5) is 17.1 Å². The minimum Gasteiger partial charge on any atom is -0.311 e. The van der Waals surface area contributed by atoms with E-state index >= 15 is 0 Å². The molecule has 0 atom stereocenters. The average molecular weight is 408 g/mol. The summed E-state index contributed by atoms with van der Waals surface area (Å²) in [5, 5.41) is 1.24. The van der Waals surface area contributed by atoms with E-state index in [1.165, 1.54) is 0 Å². The molecule has 0 aliphatic rings. The number of nitrogens with zero attached hydrogens (tertiary/aromatic N) is 3. The zero-order valence-electron chi connectivity index (χ0n) is 16.1. The SMILES string of the molecule is Clc1nc(-c2ccc(N(c3ccccc3)c3ccccc3)cc2)c2ccccc2n1. The summed E-state index contributed by atoms with van der Waals surface area (Å²) in [7, 11) is 0. The molecule has 3 nitrogen and oxygen atoms in total. The lowest BCUT2D eigenvalue weighted by molar-refractivity contribution is 1.22. The third kappa shape index (κ3) is 3.51. The van der Waals surface area contributed by atoms with Crippen molar-refractivity contribution < 1.29 is 0 Å². The summed E-state index contributed by atoms with van der Waals surface area (Å²) in [6.07, 6.45) is 0. The fourth-order valence-electron chi connectivity index (χ4n) is 3.64. The molecule has 0 aliphatic heterocycles. The molecule has 30 heavy (non-hydrogen) atoms. The van der Waals surface area contributed by atoms with E-state index in [4.69, 9.17) is 11.6 Å². The fourth-order valence-corrected chi connectivity index (χ4v) is 3.81. The Bertz CT molecular complexity index is 1250. The number of para-hydroxylation sites is 3. The van der Waals surface area contributed by atoms with Crippen LogP contribution in [0.5, 0.6) is 0 Å². The van der Waals surface area contributed by atoms with Crippen molar-refractivity contribution in [1.82, 2.24) is 9.97 Å². The number of anilines is 3. The number of hydrogen-bond acceptors (Lipinski definition) is 3. The van der Waals surface area contributed by atoms with Crippen molar-refractivity contribution in [2.45, 2.75) is 0 Å². The van der Waals surface area contributed by atoms with Gasteiger partial charge < -0.3 is 4.90 Å². The van der Waals surface area contributed by atoms with Gasteiger partial charge in [0.1, 0.15) is 0 Å². The van der Waals surface area contributed by atoms with Crippen LogP contribution in [-0.4, -0.2) is 9.97 Å². The standard InChI is InChI=1S/C26H18ClN3/c27-26-28-24-14-8-7-13-23(24)25(29-26)19-15-17-22(18-16-19)30(20-9-3-1-4-10-20)21-11-5-2-6-12-21/h1-18H. The van der Waals surface area contributed by atoms with Crippen molar-refractivity contribution in [2.75, 3.05) is 4.90 Å². The Morgan fingerprint density at radius 1 is 0.533 bits per heavy atom. The van der Waals surface area contributed by atoms with Gasteiger partial charge in [-0.2, -0.15) is 0 Å². The highest BCUT2D eigenvalue weighted by atomic mass is 35.5. The van der Waals surface area contributed by atoms with E-state index in [-0.39, 0.29) is 5.28 Å². The molecule has 0 amide bonds. The molecule has 1 heterocycles. The van der Waals surface area contributed by atoms with E-state index in [1.54, 1.807) is 0 Å². The van der Waals surface area contributed by atoms with Crippen molar-refractivity contribution in [3.63, 3.8) is 0 Å². The van der Waals surface area contributed by atoms with Crippen molar-refractivity contribution in [1.29, 1.82) is 0 Å². The van der Waals surface area contributed by atoms with Gasteiger partial charge in [-0.05, 0) is 54.1 Å². The molecule has 0 saturated carbocycles. The van der Waals surface area contributed by atoms with Gasteiger partial charge in [0.25, 0.3) is 0 Å². The lowest BCUT2D eigenvalue weighted by Gasteiger charge is -2.25. The summed E-state index contributed by atoms with van der Waals surface area (Å²) in [5.41, 5.74) is 5.95. The highest BCUT2D eigenvalue weighted by Gasteiger charge is 2.13. The number of benzene rings is 4. The number of rotatable bonds is 4. The largest absolute Gasteiger partial charge is 0.311 e. The molecular weight excluding hydrogens is 390 g/mol. The number of fused-ring (bicyclic) bond motifs is 1. The van der Waals surface area contributed by atoms with Crippen LogP contribution in [0, 0.1) is 0 Å². The van der Waals surface area contributed by atoms with Crippen LogP contribution in [0.15, 0.2) is 109 Å². The highest BCUT2D eigenvalue weighted by Crippen LogP contribution is 2.36. The molecule has 0 saturated heterocycles. The van der Waals surface area contributed by atoms with Gasteiger partial charge in [-0.15, -0.1) is 0 Å². The summed E-state index contributed by atoms with van der Waals surface area (Å²) < 4.78 is 0. The zero-order valence-corrected chi connectivity index (χ0v) is 16.9. The molecule has 4 aromatic carbocycles. The quantitative estimate of drug-likeness (QED) is 0.290. The van der Waals surface area contributed by atoms with E-state index in [2.05, 4.69) is 87.7 Å². The van der Waals surface area contributed by atoms with Crippen LogP contribution in [-0.2, 0) is 0 Å². The molecule has 0 radical (unpaired) electrons. The van der Waals surface area contributed by atoms with Gasteiger partial charge in [0.15, 0.2) is 0 Å². The Labute approximate surface area is 180 Å². The lowest BCUT2D eigenvalue weighted by atomic mass is 10.1. The van der Waals surface area contributed by atoms with Crippen LogP contribution in [0.1, 0.15) is 0 Å². The molecule has 0 aliphatic carbocycles. The molecule has 144 valence electrons. The first kappa shape index (κ1) is 18.3. The summed E-state index contributed by atoms with van der Waals surface area (Å²) >= 11 is 6.19. The minimum absolute atomic E-state index is 0.253. The Morgan fingerprint density at radius 2 is 1.07 bits per heavy atom. The summed E-state index contributed by atoms with van der Waals surface area (Å²) in [6, 6.07) is 37.0. The minimum atomic E-state index is 0.253. The number of halogens is 1. The third-order valence-corrected chi connectivity index (χ3v) is 5.17. The monoisotopic (exact) mass is 407 g/mol. The van der Waals surface area contributed by atoms with Gasteiger partial charge >= 0.3 is 0 Å². The maximum Gasteiger partial charge on any atom is 0.223 e. The Hall–Kier alpha value is -3.69. The molecule has 0 fully saturated rings. The second kappa shape index (κ2) is 7.97. The summed E-state index contributed by atoms with van der Waals surface area (Å²) in [5.74, 6) is 0. The van der Waals surface area contributed by atoms with E-state index in [0.717, 1.165) is 39.2 Å². The Morgan fingerprint density at radius 3 is 1.70 bits per heavy atom. The molecule has 0 bridgehead atoms. The van der Waals surface area contributed by atoms with Crippen LogP contribution in [0.3, 0.4) is 0 Å². The highest BCUT2D eigenvalue weighted by molar-refractivity contribution is 6.28. The fraction of sp³-hybridized carbons (Fsp3) is 0. The van der Waals surface area contributed by atoms with Crippen LogP contribution in [0.2, 0.25) is 5.28 Å². The number of hydrogen-bond donors (Lipinski definition) is 0. The van der Waals surface area contributed by atoms with Gasteiger partial charge in [0, 0.05) is 28.0 Å². The van der Waals surface area contributed by atoms with E-state index in [1.807, 2.05) is 36.4 Å². The second-order valence-corrected chi connectivity index (χ2v) is 7.25. The van der Waals surface area contributed by atoms with Crippen LogP contribution in [0.25, 0.3) is 22.2 Å². The topological polar surface area (TPSA) is 29.0 Å². The van der Waals surface area contributed by atoms with Crippen LogP contribution >= 0.6 is 11.6 Å². The molecule has 0 unspecified atom stereocenters. The summed E-state index contributed by atoms with van der Waals surface area (Å²) in [6.45, 7) is 0. The van der Waals surface area contributed by atoms with Crippen molar-refractivity contribution in [2.24, 2.45) is 0 Å². The molecule has 5 aromatic rings. The maximum absolute atomic E-state index is 6.19. The van der Waals surface area contributed by atoms with Gasteiger partial charge in [0.2, 0.25) is 5.28 Å². The van der Waals surface area contributed by atoms with Crippen molar-refractivity contribution >= 4 is 39.6 Å². The number of aromatic nitrogens is 2. The van der Waals surface area contributed by atoms with E-state index in [9.17, 15) is 0 Å². The zero-order chi connectivity index (χ0) is 20.3. The summed E-state index contributed by atoms with van der Waals surface area (Å²) in [4.78, 5) is 11.1. The molecule has 0 N–H and O–H groups in total.